The van der Waals surface area contributed by atoms with E-state index in [1.165, 1.54) is 24.7 Å². The molecule has 1 aliphatic rings. The molecule has 2 aromatic carbocycles. The molecule has 5 rings (SSSR count). The minimum absolute atomic E-state index is 0.0150. The molecular formula is C30H28F4N6O3. The maximum Gasteiger partial charge on any atom is 0.416 e. The number of hydrogen-bond acceptors (Lipinski definition) is 8. The predicted octanol–water partition coefficient (Wildman–Crippen LogP) is 6.17. The summed E-state index contributed by atoms with van der Waals surface area (Å²) in [5, 5.41) is 2.48. The van der Waals surface area contributed by atoms with Crippen LogP contribution >= 0.6 is 0 Å². The zero-order valence-electron chi connectivity index (χ0n) is 23.2. The van der Waals surface area contributed by atoms with Gasteiger partial charge in [-0.1, -0.05) is 6.92 Å². The van der Waals surface area contributed by atoms with E-state index in [0.717, 1.165) is 50.2 Å². The summed E-state index contributed by atoms with van der Waals surface area (Å²) >= 11 is 0. The van der Waals surface area contributed by atoms with Gasteiger partial charge in [-0.3, -0.25) is 9.69 Å². The molecule has 0 bridgehead atoms. The van der Waals surface area contributed by atoms with Gasteiger partial charge < -0.3 is 14.8 Å². The number of aryl methyl sites for hydroxylation is 1. The van der Waals surface area contributed by atoms with Gasteiger partial charge in [-0.25, -0.2) is 24.3 Å². The summed E-state index contributed by atoms with van der Waals surface area (Å²) in [5.41, 5.74) is -0.817. The van der Waals surface area contributed by atoms with Gasteiger partial charge in [0.15, 0.2) is 17.4 Å². The molecule has 224 valence electrons. The molecule has 1 amide bonds. The predicted molar refractivity (Wildman–Crippen MR) is 149 cm³/mol. The Morgan fingerprint density at radius 1 is 1.02 bits per heavy atom. The zero-order valence-corrected chi connectivity index (χ0v) is 23.2. The normalized spacial score (nSPS) is 13.6. The van der Waals surface area contributed by atoms with Gasteiger partial charge in [-0.05, 0) is 74.5 Å². The fourth-order valence-electron chi connectivity index (χ4n) is 4.51. The summed E-state index contributed by atoms with van der Waals surface area (Å²) in [6.45, 7) is 4.59. The molecule has 9 nitrogen and oxygen atoms in total. The molecule has 1 saturated heterocycles. The van der Waals surface area contributed by atoms with E-state index in [0.29, 0.717) is 24.4 Å². The molecule has 0 unspecified atom stereocenters. The van der Waals surface area contributed by atoms with Gasteiger partial charge in [0.05, 0.1) is 16.8 Å². The minimum atomic E-state index is -4.64. The van der Waals surface area contributed by atoms with Crippen molar-refractivity contribution in [1.29, 1.82) is 0 Å². The Morgan fingerprint density at radius 2 is 1.84 bits per heavy atom. The number of benzene rings is 2. The van der Waals surface area contributed by atoms with Crippen molar-refractivity contribution in [2.45, 2.75) is 32.4 Å². The average molecular weight is 597 g/mol. The van der Waals surface area contributed by atoms with E-state index in [1.54, 1.807) is 12.1 Å². The van der Waals surface area contributed by atoms with E-state index in [2.05, 4.69) is 30.2 Å². The number of pyridine rings is 1. The van der Waals surface area contributed by atoms with Crippen LogP contribution in [-0.4, -0.2) is 57.0 Å². The highest BCUT2D eigenvalue weighted by Gasteiger charge is 2.31. The first kappa shape index (κ1) is 29.8. The summed E-state index contributed by atoms with van der Waals surface area (Å²) in [4.78, 5) is 32.2. The Kier molecular flexibility index (Phi) is 9.10. The minimum Gasteiger partial charge on any atom is -0.490 e. The van der Waals surface area contributed by atoms with Gasteiger partial charge in [0.1, 0.15) is 24.5 Å². The maximum absolute atomic E-state index is 14.8. The quantitative estimate of drug-likeness (QED) is 0.217. The SMILES string of the molecule is CCc1ncnc(-c2cccnc2Oc2cc(C(=O)Nc3cc(C(F)(F)F)ccc3OCCN3CCCC3)ccc2F)n1. The van der Waals surface area contributed by atoms with Crippen molar-refractivity contribution in [2.75, 3.05) is 31.6 Å². The van der Waals surface area contributed by atoms with Crippen LogP contribution in [0.25, 0.3) is 11.4 Å². The van der Waals surface area contributed by atoms with Gasteiger partial charge in [-0.15, -0.1) is 0 Å². The monoisotopic (exact) mass is 596 g/mol. The van der Waals surface area contributed by atoms with Crippen LogP contribution in [-0.2, 0) is 12.6 Å². The number of carbonyl (C=O) groups excluding carboxylic acids is 1. The highest BCUT2D eigenvalue weighted by molar-refractivity contribution is 6.05. The third-order valence-electron chi connectivity index (χ3n) is 6.77. The number of nitrogens with zero attached hydrogens (tertiary/aromatic N) is 5. The second-order valence-corrected chi connectivity index (χ2v) is 9.74. The molecule has 0 saturated carbocycles. The van der Waals surface area contributed by atoms with Crippen LogP contribution in [0, 0.1) is 5.82 Å². The van der Waals surface area contributed by atoms with E-state index in [9.17, 15) is 22.4 Å². The highest BCUT2D eigenvalue weighted by atomic mass is 19.4. The van der Waals surface area contributed by atoms with Crippen molar-refractivity contribution < 1.29 is 31.8 Å². The first-order valence-electron chi connectivity index (χ1n) is 13.7. The van der Waals surface area contributed by atoms with Crippen LogP contribution in [0.2, 0.25) is 0 Å². The third kappa shape index (κ3) is 7.41. The maximum atomic E-state index is 14.8. The number of carbonyl (C=O) groups is 1. The number of rotatable bonds is 10. The topological polar surface area (TPSA) is 102 Å². The Labute approximate surface area is 244 Å². The first-order chi connectivity index (χ1) is 20.7. The molecule has 4 aromatic rings. The third-order valence-corrected chi connectivity index (χ3v) is 6.77. The number of likely N-dealkylation sites (tertiary alicyclic amines) is 1. The van der Waals surface area contributed by atoms with E-state index >= 15 is 0 Å². The number of halogens is 4. The summed E-state index contributed by atoms with van der Waals surface area (Å²) in [7, 11) is 0. The van der Waals surface area contributed by atoms with Crippen LogP contribution < -0.4 is 14.8 Å². The zero-order chi connectivity index (χ0) is 30.4. The lowest BCUT2D eigenvalue weighted by Crippen LogP contribution is -2.25. The molecule has 1 fully saturated rings. The van der Waals surface area contributed by atoms with Crippen LogP contribution in [0.1, 0.15) is 41.5 Å². The van der Waals surface area contributed by atoms with Crippen molar-refractivity contribution >= 4 is 11.6 Å². The van der Waals surface area contributed by atoms with E-state index in [1.807, 2.05) is 6.92 Å². The average Bonchev–Trinajstić information content (AvgIpc) is 3.52. The van der Waals surface area contributed by atoms with Gasteiger partial charge in [0, 0.05) is 24.7 Å². The number of alkyl halides is 3. The number of ether oxygens (including phenoxy) is 2. The Balaban J connectivity index is 1.38. The Hall–Kier alpha value is -4.65. The molecule has 3 heterocycles. The second-order valence-electron chi connectivity index (χ2n) is 9.74. The van der Waals surface area contributed by atoms with Crippen molar-refractivity contribution in [3.05, 3.63) is 83.8 Å². The largest absolute Gasteiger partial charge is 0.490 e. The number of amides is 1. The van der Waals surface area contributed by atoms with Crippen molar-refractivity contribution in [1.82, 2.24) is 24.8 Å². The van der Waals surface area contributed by atoms with Gasteiger partial charge >= 0.3 is 6.18 Å². The molecule has 0 spiro atoms. The lowest BCUT2D eigenvalue weighted by atomic mass is 10.1. The summed E-state index contributed by atoms with van der Waals surface area (Å²) in [6.07, 6.45) is 0.889. The fraction of sp³-hybridized carbons (Fsp3) is 0.300. The van der Waals surface area contributed by atoms with Gasteiger partial charge in [0.2, 0.25) is 5.88 Å². The first-order valence-corrected chi connectivity index (χ1v) is 13.7. The van der Waals surface area contributed by atoms with Crippen LogP contribution in [0.5, 0.6) is 17.4 Å². The van der Waals surface area contributed by atoms with Crippen molar-refractivity contribution in [2.24, 2.45) is 0 Å². The van der Waals surface area contributed by atoms with Crippen molar-refractivity contribution in [3.63, 3.8) is 0 Å². The Morgan fingerprint density at radius 3 is 2.60 bits per heavy atom. The number of nitrogens with one attached hydrogen (secondary N) is 1. The van der Waals surface area contributed by atoms with Crippen LogP contribution in [0.15, 0.2) is 61.1 Å². The number of aromatic nitrogens is 4. The lowest BCUT2D eigenvalue weighted by Gasteiger charge is -2.18. The number of hydrogen-bond donors (Lipinski definition) is 1. The van der Waals surface area contributed by atoms with E-state index < -0.39 is 23.5 Å². The van der Waals surface area contributed by atoms with Crippen LogP contribution in [0.4, 0.5) is 23.2 Å². The smallest absolute Gasteiger partial charge is 0.416 e. The second kappa shape index (κ2) is 13.1. The molecule has 2 aromatic heterocycles. The molecule has 0 aliphatic carbocycles. The molecule has 0 radical (unpaired) electrons. The molecule has 0 atom stereocenters. The molecule has 43 heavy (non-hydrogen) atoms. The van der Waals surface area contributed by atoms with E-state index in [4.69, 9.17) is 9.47 Å². The van der Waals surface area contributed by atoms with E-state index in [-0.39, 0.29) is 41.1 Å². The Bertz CT molecular complexity index is 1590. The van der Waals surface area contributed by atoms with Gasteiger partial charge in [-0.2, -0.15) is 13.2 Å². The summed E-state index contributed by atoms with van der Waals surface area (Å²) in [6, 6.07) is 9.50. The molecule has 1 aliphatic heterocycles. The van der Waals surface area contributed by atoms with Crippen LogP contribution in [0.3, 0.4) is 0 Å². The highest BCUT2D eigenvalue weighted by Crippen LogP contribution is 2.36. The van der Waals surface area contributed by atoms with Gasteiger partial charge in [0.25, 0.3) is 5.91 Å². The standard InChI is InChI=1S/C30H28F4N6O3/c1-2-26-36-18-37-27(39-26)21-6-5-11-35-29(21)43-25-16-19(7-9-22(25)31)28(41)38-23-17-20(30(32,33)34)8-10-24(23)42-15-14-40-12-3-4-13-40/h5-11,16-18H,2-4,12-15H2,1H3,(H,38,41). The molecular weight excluding hydrogens is 568 g/mol. The summed E-state index contributed by atoms with van der Waals surface area (Å²) in [5.74, 6) is -1.03. The fourth-order valence-corrected chi connectivity index (χ4v) is 4.51. The van der Waals surface area contributed by atoms with Crippen molar-refractivity contribution in [3.8, 4) is 28.8 Å². The number of anilines is 1. The molecule has 13 heteroatoms. The summed E-state index contributed by atoms with van der Waals surface area (Å²) < 4.78 is 66.8. The molecule has 1 N–H and O–H groups in total. The lowest BCUT2D eigenvalue weighted by molar-refractivity contribution is -0.137.